The van der Waals surface area contributed by atoms with Crippen LogP contribution < -0.4 is 5.32 Å². The molecule has 0 radical (unpaired) electrons. The molecule has 98 valence electrons. The van der Waals surface area contributed by atoms with Crippen LogP contribution in [0.4, 0.5) is 5.69 Å². The number of oxazole rings is 1. The fraction of sp³-hybridized carbons (Fsp3) is 0.154. The number of rotatable bonds is 4. The Morgan fingerprint density at radius 3 is 2.84 bits per heavy atom. The molecule has 2 aromatic rings. The summed E-state index contributed by atoms with van der Waals surface area (Å²) >= 11 is 0. The van der Waals surface area contributed by atoms with Crippen LogP contribution >= 0.6 is 0 Å². The number of carbonyl (C=O) groups excluding carboxylic acids is 2. The van der Waals surface area contributed by atoms with Crippen molar-refractivity contribution in [3.8, 4) is 0 Å². The summed E-state index contributed by atoms with van der Waals surface area (Å²) in [6.07, 6.45) is 2.73. The highest BCUT2D eigenvalue weighted by atomic mass is 16.5. The Bertz CT molecular complexity index is 578. The third-order valence-corrected chi connectivity index (χ3v) is 2.43. The maximum Gasteiger partial charge on any atom is 0.339 e. The van der Waals surface area contributed by atoms with Crippen molar-refractivity contribution < 1.29 is 18.7 Å². The van der Waals surface area contributed by atoms with Gasteiger partial charge in [-0.25, -0.2) is 9.78 Å². The van der Waals surface area contributed by atoms with Gasteiger partial charge in [0.05, 0.1) is 30.5 Å². The summed E-state index contributed by atoms with van der Waals surface area (Å²) in [6, 6.07) is 6.63. The summed E-state index contributed by atoms with van der Waals surface area (Å²) < 4.78 is 9.43. The van der Waals surface area contributed by atoms with Crippen LogP contribution in [-0.2, 0) is 16.0 Å². The summed E-state index contributed by atoms with van der Waals surface area (Å²) in [5, 5.41) is 2.64. The number of para-hydroxylation sites is 1. The van der Waals surface area contributed by atoms with E-state index < -0.39 is 5.97 Å². The van der Waals surface area contributed by atoms with Crippen molar-refractivity contribution in [2.75, 3.05) is 12.4 Å². The first kappa shape index (κ1) is 12.8. The van der Waals surface area contributed by atoms with Crippen LogP contribution in [0, 0.1) is 0 Å². The Morgan fingerprint density at radius 1 is 1.37 bits per heavy atom. The van der Waals surface area contributed by atoms with Gasteiger partial charge >= 0.3 is 5.97 Å². The minimum Gasteiger partial charge on any atom is -0.465 e. The first-order valence-corrected chi connectivity index (χ1v) is 5.55. The van der Waals surface area contributed by atoms with Crippen LogP contribution in [0.15, 0.2) is 41.3 Å². The molecule has 1 aromatic heterocycles. The number of ether oxygens (including phenoxy) is 1. The highest BCUT2D eigenvalue weighted by Crippen LogP contribution is 2.16. The van der Waals surface area contributed by atoms with E-state index in [0.29, 0.717) is 16.9 Å². The van der Waals surface area contributed by atoms with Crippen molar-refractivity contribution in [2.24, 2.45) is 0 Å². The van der Waals surface area contributed by atoms with Crippen LogP contribution in [0.25, 0.3) is 0 Å². The first-order valence-electron chi connectivity index (χ1n) is 5.55. The average molecular weight is 260 g/mol. The molecule has 6 nitrogen and oxygen atoms in total. The number of hydrogen-bond acceptors (Lipinski definition) is 5. The molecular weight excluding hydrogens is 248 g/mol. The zero-order valence-corrected chi connectivity index (χ0v) is 10.3. The van der Waals surface area contributed by atoms with Crippen molar-refractivity contribution >= 4 is 17.6 Å². The number of anilines is 1. The molecule has 6 heteroatoms. The maximum absolute atomic E-state index is 11.8. The Balaban J connectivity index is 2.10. The smallest absolute Gasteiger partial charge is 0.339 e. The predicted octanol–water partition coefficient (Wildman–Crippen LogP) is 1.64. The van der Waals surface area contributed by atoms with Crippen molar-refractivity contribution in [1.82, 2.24) is 4.98 Å². The Hall–Kier alpha value is -2.63. The van der Waals surface area contributed by atoms with Gasteiger partial charge in [0, 0.05) is 0 Å². The second-order valence-corrected chi connectivity index (χ2v) is 3.74. The predicted molar refractivity (Wildman–Crippen MR) is 66.6 cm³/mol. The maximum atomic E-state index is 11.8. The summed E-state index contributed by atoms with van der Waals surface area (Å²) in [5.41, 5.74) is 1.23. The molecule has 0 atom stereocenters. The summed E-state index contributed by atoms with van der Waals surface area (Å²) in [7, 11) is 1.29. The van der Waals surface area contributed by atoms with Gasteiger partial charge < -0.3 is 14.5 Å². The number of nitrogens with one attached hydrogen (secondary N) is 1. The molecule has 0 fully saturated rings. The largest absolute Gasteiger partial charge is 0.465 e. The molecule has 2 rings (SSSR count). The zero-order chi connectivity index (χ0) is 13.7. The number of amides is 1. The minimum atomic E-state index is -0.502. The quantitative estimate of drug-likeness (QED) is 0.845. The van der Waals surface area contributed by atoms with Gasteiger partial charge in [-0.15, -0.1) is 0 Å². The van der Waals surface area contributed by atoms with E-state index in [-0.39, 0.29) is 12.3 Å². The molecule has 1 heterocycles. The first-order chi connectivity index (χ1) is 9.20. The van der Waals surface area contributed by atoms with Crippen molar-refractivity contribution in [1.29, 1.82) is 0 Å². The average Bonchev–Trinajstić information content (AvgIpc) is 2.91. The van der Waals surface area contributed by atoms with Crippen LogP contribution in [0.3, 0.4) is 0 Å². The molecule has 0 aliphatic rings. The van der Waals surface area contributed by atoms with E-state index in [1.807, 2.05) is 0 Å². The third kappa shape index (κ3) is 3.19. The monoisotopic (exact) mass is 260 g/mol. The van der Waals surface area contributed by atoms with Gasteiger partial charge in [-0.05, 0) is 12.1 Å². The lowest BCUT2D eigenvalue weighted by molar-refractivity contribution is -0.115. The van der Waals surface area contributed by atoms with Gasteiger partial charge in [0.25, 0.3) is 0 Å². The van der Waals surface area contributed by atoms with Crippen molar-refractivity contribution in [3.63, 3.8) is 0 Å². The van der Waals surface area contributed by atoms with Gasteiger partial charge in [0.15, 0.2) is 6.39 Å². The summed E-state index contributed by atoms with van der Waals surface area (Å²) in [6.45, 7) is 0. The van der Waals surface area contributed by atoms with Crippen LogP contribution in [0.5, 0.6) is 0 Å². The molecule has 0 unspecified atom stereocenters. The number of benzene rings is 1. The van der Waals surface area contributed by atoms with Crippen molar-refractivity contribution in [2.45, 2.75) is 6.42 Å². The number of nitrogens with zero attached hydrogens (tertiary/aromatic N) is 1. The number of esters is 1. The molecule has 0 saturated carbocycles. The summed E-state index contributed by atoms with van der Waals surface area (Å²) in [4.78, 5) is 27.2. The van der Waals surface area contributed by atoms with E-state index in [1.165, 1.54) is 19.8 Å². The third-order valence-electron chi connectivity index (χ3n) is 2.43. The van der Waals surface area contributed by atoms with Gasteiger partial charge in [-0.2, -0.15) is 0 Å². The lowest BCUT2D eigenvalue weighted by Gasteiger charge is -2.08. The van der Waals surface area contributed by atoms with E-state index in [2.05, 4.69) is 15.0 Å². The molecule has 0 spiro atoms. The lowest BCUT2D eigenvalue weighted by atomic mass is 10.1. The number of aromatic nitrogens is 1. The van der Waals surface area contributed by atoms with Crippen LogP contribution in [0.2, 0.25) is 0 Å². The second-order valence-electron chi connectivity index (χ2n) is 3.74. The van der Waals surface area contributed by atoms with E-state index in [0.717, 1.165) is 0 Å². The molecule has 19 heavy (non-hydrogen) atoms. The number of hydrogen-bond donors (Lipinski definition) is 1. The van der Waals surface area contributed by atoms with Gasteiger partial charge in [0.2, 0.25) is 5.91 Å². The van der Waals surface area contributed by atoms with Gasteiger partial charge in [0.1, 0.15) is 6.26 Å². The fourth-order valence-corrected chi connectivity index (χ4v) is 1.56. The molecule has 1 N–H and O–H groups in total. The van der Waals surface area contributed by atoms with E-state index in [1.54, 1.807) is 24.3 Å². The van der Waals surface area contributed by atoms with Gasteiger partial charge in [-0.3, -0.25) is 4.79 Å². The lowest BCUT2D eigenvalue weighted by Crippen LogP contribution is -2.17. The highest BCUT2D eigenvalue weighted by Gasteiger charge is 2.13. The molecule has 0 bridgehead atoms. The number of methoxy groups -OCH3 is 1. The highest BCUT2D eigenvalue weighted by molar-refractivity contribution is 6.01. The van der Waals surface area contributed by atoms with Gasteiger partial charge in [-0.1, -0.05) is 12.1 Å². The molecular formula is C13H12N2O4. The second kappa shape index (κ2) is 5.81. The van der Waals surface area contributed by atoms with Crippen LogP contribution in [0.1, 0.15) is 16.1 Å². The molecule has 0 saturated heterocycles. The van der Waals surface area contributed by atoms with Crippen molar-refractivity contribution in [3.05, 3.63) is 48.2 Å². The fourth-order valence-electron chi connectivity index (χ4n) is 1.56. The molecule has 0 aliphatic carbocycles. The summed E-state index contributed by atoms with van der Waals surface area (Å²) in [5.74, 6) is -0.789. The normalized spacial score (nSPS) is 9.95. The molecule has 0 aliphatic heterocycles. The molecule has 1 amide bonds. The Kier molecular flexibility index (Phi) is 3.92. The SMILES string of the molecule is COC(=O)c1ccccc1NC(=O)Cc1cocn1. The molecule has 1 aromatic carbocycles. The topological polar surface area (TPSA) is 81.4 Å². The minimum absolute atomic E-state index is 0.0754. The van der Waals surface area contributed by atoms with Crippen LogP contribution in [-0.4, -0.2) is 24.0 Å². The Morgan fingerprint density at radius 2 is 2.16 bits per heavy atom. The zero-order valence-electron chi connectivity index (χ0n) is 10.3. The van der Waals surface area contributed by atoms with E-state index >= 15 is 0 Å². The standard InChI is InChI=1S/C13H12N2O4/c1-18-13(17)10-4-2-3-5-11(10)15-12(16)6-9-7-19-8-14-9/h2-5,7-8H,6H2,1H3,(H,15,16). The Labute approximate surface area is 109 Å². The van der Waals surface area contributed by atoms with E-state index in [9.17, 15) is 9.59 Å². The number of carbonyl (C=O) groups is 2. The van der Waals surface area contributed by atoms with E-state index in [4.69, 9.17) is 4.42 Å².